The molecule has 0 spiro atoms. The molecule has 0 amide bonds. The molecular weight excluding hydrogens is 242 g/mol. The molecule has 0 bridgehead atoms. The van der Waals surface area contributed by atoms with Crippen LogP contribution in [0.2, 0.25) is 0 Å². The molecule has 19 heavy (non-hydrogen) atoms. The first-order valence-electron chi connectivity index (χ1n) is 7.56. The number of hydrogen-bond donors (Lipinski definition) is 1. The third-order valence-electron chi connectivity index (χ3n) is 3.87. The molecule has 0 atom stereocenters. The Morgan fingerprint density at radius 1 is 1.16 bits per heavy atom. The van der Waals surface area contributed by atoms with Gasteiger partial charge in [-0.3, -0.25) is 0 Å². The van der Waals surface area contributed by atoms with Crippen molar-refractivity contribution in [2.24, 2.45) is 5.41 Å². The van der Waals surface area contributed by atoms with Gasteiger partial charge in [-0.25, -0.2) is 0 Å². The molecule has 1 N–H and O–H groups in total. The van der Waals surface area contributed by atoms with E-state index < -0.39 is 0 Å². The average Bonchev–Trinajstić information content (AvgIpc) is 2.42. The van der Waals surface area contributed by atoms with Crippen LogP contribution < -0.4 is 5.32 Å². The van der Waals surface area contributed by atoms with Crippen molar-refractivity contribution < 1.29 is 14.2 Å². The SMILES string of the molecule is COCCOCCCC1(CNC(C)C)CCOCC1. The molecule has 0 aromatic rings. The lowest BCUT2D eigenvalue weighted by Crippen LogP contribution is -2.41. The normalized spacial score (nSPS) is 18.9. The van der Waals surface area contributed by atoms with Crippen LogP contribution in [0.15, 0.2) is 0 Å². The quantitative estimate of drug-likeness (QED) is 0.620. The molecule has 1 aliphatic heterocycles. The Morgan fingerprint density at radius 2 is 1.89 bits per heavy atom. The first-order chi connectivity index (χ1) is 9.18. The summed E-state index contributed by atoms with van der Waals surface area (Å²) in [6, 6.07) is 0.553. The minimum absolute atomic E-state index is 0.410. The van der Waals surface area contributed by atoms with Gasteiger partial charge in [0, 0.05) is 39.5 Å². The number of rotatable bonds is 10. The van der Waals surface area contributed by atoms with E-state index in [-0.39, 0.29) is 0 Å². The molecule has 1 aliphatic rings. The van der Waals surface area contributed by atoms with Crippen LogP contribution in [0.1, 0.15) is 39.5 Å². The van der Waals surface area contributed by atoms with E-state index in [0.717, 1.165) is 32.8 Å². The molecule has 0 saturated carbocycles. The maximum absolute atomic E-state index is 5.56. The van der Waals surface area contributed by atoms with E-state index in [2.05, 4.69) is 19.2 Å². The lowest BCUT2D eigenvalue weighted by Gasteiger charge is -2.38. The van der Waals surface area contributed by atoms with E-state index in [9.17, 15) is 0 Å². The maximum Gasteiger partial charge on any atom is 0.0700 e. The van der Waals surface area contributed by atoms with Crippen LogP contribution in [0.5, 0.6) is 0 Å². The fourth-order valence-electron chi connectivity index (χ4n) is 2.53. The van der Waals surface area contributed by atoms with Crippen molar-refractivity contribution in [1.29, 1.82) is 0 Å². The van der Waals surface area contributed by atoms with Gasteiger partial charge in [-0.2, -0.15) is 0 Å². The molecule has 4 heteroatoms. The molecule has 0 aromatic carbocycles. The van der Waals surface area contributed by atoms with Gasteiger partial charge in [0.05, 0.1) is 13.2 Å². The van der Waals surface area contributed by atoms with Crippen LogP contribution in [-0.4, -0.2) is 52.7 Å². The van der Waals surface area contributed by atoms with E-state index in [1.54, 1.807) is 7.11 Å². The summed E-state index contributed by atoms with van der Waals surface area (Å²) in [5, 5.41) is 3.60. The Balaban J connectivity index is 2.24. The standard InChI is InChI=1S/C15H31NO3/c1-14(2)16-13-15(6-9-19-10-7-15)5-4-8-18-12-11-17-3/h14,16H,4-13H2,1-3H3. The van der Waals surface area contributed by atoms with Gasteiger partial charge in [-0.15, -0.1) is 0 Å². The minimum Gasteiger partial charge on any atom is -0.382 e. The first-order valence-corrected chi connectivity index (χ1v) is 7.56. The van der Waals surface area contributed by atoms with Gasteiger partial charge in [-0.1, -0.05) is 13.8 Å². The molecule has 1 rings (SSSR count). The van der Waals surface area contributed by atoms with Gasteiger partial charge in [0.25, 0.3) is 0 Å². The Kier molecular flexibility index (Phi) is 8.62. The summed E-state index contributed by atoms with van der Waals surface area (Å²) in [6.07, 6.45) is 4.70. The second-order valence-corrected chi connectivity index (χ2v) is 5.86. The van der Waals surface area contributed by atoms with Crippen molar-refractivity contribution in [1.82, 2.24) is 5.32 Å². The average molecular weight is 273 g/mol. The highest BCUT2D eigenvalue weighted by Gasteiger charge is 2.31. The van der Waals surface area contributed by atoms with Crippen molar-refractivity contribution in [2.75, 3.05) is 46.7 Å². The zero-order chi connectivity index (χ0) is 14.0. The first kappa shape index (κ1) is 16.9. The summed E-state index contributed by atoms with van der Waals surface area (Å²) in [5.41, 5.74) is 0.410. The van der Waals surface area contributed by atoms with Gasteiger partial charge in [0.2, 0.25) is 0 Å². The summed E-state index contributed by atoms with van der Waals surface area (Å²) in [6.45, 7) is 9.57. The van der Waals surface area contributed by atoms with Crippen LogP contribution in [0.4, 0.5) is 0 Å². The van der Waals surface area contributed by atoms with E-state index in [4.69, 9.17) is 14.2 Å². The molecule has 0 aromatic heterocycles. The topological polar surface area (TPSA) is 39.7 Å². The summed E-state index contributed by atoms with van der Waals surface area (Å²) >= 11 is 0. The maximum atomic E-state index is 5.56. The van der Waals surface area contributed by atoms with Crippen molar-refractivity contribution in [3.05, 3.63) is 0 Å². The molecule has 0 aliphatic carbocycles. The molecule has 1 fully saturated rings. The third kappa shape index (κ3) is 7.25. The highest BCUT2D eigenvalue weighted by molar-refractivity contribution is 4.84. The largest absolute Gasteiger partial charge is 0.382 e. The van der Waals surface area contributed by atoms with Crippen molar-refractivity contribution in [2.45, 2.75) is 45.6 Å². The van der Waals surface area contributed by atoms with E-state index in [1.165, 1.54) is 19.3 Å². The minimum atomic E-state index is 0.410. The molecule has 0 radical (unpaired) electrons. The van der Waals surface area contributed by atoms with Crippen LogP contribution in [0.25, 0.3) is 0 Å². The molecule has 114 valence electrons. The summed E-state index contributed by atoms with van der Waals surface area (Å²) < 4.78 is 16.0. The Bertz CT molecular complexity index is 215. The Hall–Kier alpha value is -0.160. The van der Waals surface area contributed by atoms with Crippen LogP contribution in [0, 0.1) is 5.41 Å². The highest BCUT2D eigenvalue weighted by atomic mass is 16.5. The fourth-order valence-corrected chi connectivity index (χ4v) is 2.53. The predicted molar refractivity (Wildman–Crippen MR) is 77.6 cm³/mol. The Morgan fingerprint density at radius 3 is 2.53 bits per heavy atom. The Labute approximate surface area is 118 Å². The second-order valence-electron chi connectivity index (χ2n) is 5.86. The summed E-state index contributed by atoms with van der Waals surface area (Å²) in [4.78, 5) is 0. The van der Waals surface area contributed by atoms with Crippen LogP contribution in [0.3, 0.4) is 0 Å². The number of nitrogens with one attached hydrogen (secondary N) is 1. The van der Waals surface area contributed by atoms with Gasteiger partial charge in [0.15, 0.2) is 0 Å². The lowest BCUT2D eigenvalue weighted by molar-refractivity contribution is 0.00195. The van der Waals surface area contributed by atoms with E-state index in [1.807, 2.05) is 0 Å². The summed E-state index contributed by atoms with van der Waals surface area (Å²) in [7, 11) is 1.71. The van der Waals surface area contributed by atoms with Crippen molar-refractivity contribution >= 4 is 0 Å². The monoisotopic (exact) mass is 273 g/mol. The van der Waals surface area contributed by atoms with Crippen LogP contribution >= 0.6 is 0 Å². The van der Waals surface area contributed by atoms with Crippen molar-refractivity contribution in [3.8, 4) is 0 Å². The van der Waals surface area contributed by atoms with Crippen molar-refractivity contribution in [3.63, 3.8) is 0 Å². The molecular formula is C15H31NO3. The highest BCUT2D eigenvalue weighted by Crippen LogP contribution is 2.34. The van der Waals surface area contributed by atoms with Gasteiger partial charge >= 0.3 is 0 Å². The lowest BCUT2D eigenvalue weighted by atomic mass is 9.76. The number of hydrogen-bond acceptors (Lipinski definition) is 4. The van der Waals surface area contributed by atoms with E-state index >= 15 is 0 Å². The third-order valence-corrected chi connectivity index (χ3v) is 3.87. The van der Waals surface area contributed by atoms with Gasteiger partial charge < -0.3 is 19.5 Å². The summed E-state index contributed by atoms with van der Waals surface area (Å²) in [5.74, 6) is 0. The van der Waals surface area contributed by atoms with E-state index in [0.29, 0.717) is 24.7 Å². The zero-order valence-electron chi connectivity index (χ0n) is 12.9. The molecule has 0 unspecified atom stereocenters. The zero-order valence-corrected chi connectivity index (χ0v) is 12.9. The smallest absolute Gasteiger partial charge is 0.0700 e. The fraction of sp³-hybridized carbons (Fsp3) is 1.00. The predicted octanol–water partition coefficient (Wildman–Crippen LogP) is 2.22. The second kappa shape index (κ2) is 9.70. The van der Waals surface area contributed by atoms with Crippen LogP contribution in [-0.2, 0) is 14.2 Å². The molecule has 1 heterocycles. The molecule has 1 saturated heterocycles. The number of methoxy groups -OCH3 is 1. The number of ether oxygens (including phenoxy) is 3. The van der Waals surface area contributed by atoms with Gasteiger partial charge in [-0.05, 0) is 31.1 Å². The molecule has 4 nitrogen and oxygen atoms in total. The van der Waals surface area contributed by atoms with Gasteiger partial charge in [0.1, 0.15) is 0 Å².